The Labute approximate surface area is 136 Å². The van der Waals surface area contributed by atoms with E-state index >= 15 is 0 Å². The normalized spacial score (nSPS) is 21.2. The average Bonchev–Trinajstić information content (AvgIpc) is 3.08. The zero-order valence-electron chi connectivity index (χ0n) is 11.7. The first-order valence-corrected chi connectivity index (χ1v) is 7.90. The van der Waals surface area contributed by atoms with Gasteiger partial charge in [0.15, 0.2) is 0 Å². The molecule has 2 atom stereocenters. The molecule has 1 aliphatic heterocycles. The van der Waals surface area contributed by atoms with Crippen molar-refractivity contribution < 1.29 is 9.59 Å². The first kappa shape index (κ1) is 14.9. The van der Waals surface area contributed by atoms with Crippen LogP contribution in [0, 0.1) is 5.92 Å². The summed E-state index contributed by atoms with van der Waals surface area (Å²) in [7, 11) is 1.70. The summed E-state index contributed by atoms with van der Waals surface area (Å²) < 4.78 is 0. The minimum Gasteiger partial charge on any atom is -0.338 e. The van der Waals surface area contributed by atoms with E-state index in [1.54, 1.807) is 24.1 Å². The Balaban J connectivity index is 1.88. The third-order valence-electron chi connectivity index (χ3n) is 3.70. The number of hydrogen-bond acceptors (Lipinski definition) is 5. The number of anilines is 1. The van der Waals surface area contributed by atoms with Crippen LogP contribution in [0.5, 0.6) is 0 Å². The Morgan fingerprint density at radius 3 is 3.00 bits per heavy atom. The van der Waals surface area contributed by atoms with Crippen LogP contribution >= 0.6 is 22.9 Å². The lowest BCUT2D eigenvalue weighted by atomic mass is 9.93. The third kappa shape index (κ3) is 2.82. The predicted molar refractivity (Wildman–Crippen MR) is 83.6 cm³/mol. The van der Waals surface area contributed by atoms with Gasteiger partial charge in [-0.3, -0.25) is 9.59 Å². The van der Waals surface area contributed by atoms with Gasteiger partial charge in [-0.15, -0.1) is 10.2 Å². The van der Waals surface area contributed by atoms with Gasteiger partial charge in [0, 0.05) is 18.5 Å². The molecule has 0 saturated carbocycles. The molecule has 2 amide bonds. The van der Waals surface area contributed by atoms with Crippen molar-refractivity contribution in [3.05, 3.63) is 40.4 Å². The Bertz CT molecular complexity index is 707. The molecule has 1 fully saturated rings. The molecule has 1 aliphatic rings. The highest BCUT2D eigenvalue weighted by molar-refractivity contribution is 7.13. The maximum Gasteiger partial charge on any atom is 0.232 e. The van der Waals surface area contributed by atoms with Crippen LogP contribution in [-0.2, 0) is 9.59 Å². The first-order chi connectivity index (χ1) is 10.6. The fraction of sp³-hybridized carbons (Fsp3) is 0.286. The Morgan fingerprint density at radius 2 is 2.32 bits per heavy atom. The van der Waals surface area contributed by atoms with Crippen molar-refractivity contribution in [3.63, 3.8) is 0 Å². The molecule has 0 unspecified atom stereocenters. The van der Waals surface area contributed by atoms with Crippen LogP contribution in [0.4, 0.5) is 5.13 Å². The molecule has 1 aromatic heterocycles. The number of halogens is 1. The highest BCUT2D eigenvalue weighted by Gasteiger charge is 2.42. The second-order valence-electron chi connectivity index (χ2n) is 5.05. The number of rotatable bonds is 3. The zero-order valence-corrected chi connectivity index (χ0v) is 13.3. The highest BCUT2D eigenvalue weighted by atomic mass is 35.5. The van der Waals surface area contributed by atoms with Crippen molar-refractivity contribution in [3.8, 4) is 0 Å². The largest absolute Gasteiger partial charge is 0.338 e. The summed E-state index contributed by atoms with van der Waals surface area (Å²) in [6.45, 7) is 0. The quantitative estimate of drug-likeness (QED) is 0.933. The summed E-state index contributed by atoms with van der Waals surface area (Å²) in [4.78, 5) is 26.1. The molecule has 8 heteroatoms. The predicted octanol–water partition coefficient (Wildman–Crippen LogP) is 2.35. The topological polar surface area (TPSA) is 75.2 Å². The Morgan fingerprint density at radius 1 is 1.50 bits per heavy atom. The first-order valence-electron chi connectivity index (χ1n) is 6.64. The number of nitrogens with zero attached hydrogens (tertiary/aromatic N) is 3. The zero-order chi connectivity index (χ0) is 15.7. The van der Waals surface area contributed by atoms with Gasteiger partial charge in [0.2, 0.25) is 16.9 Å². The SMILES string of the molecule is CN1C(=O)C[C@@H](C(=O)Nc2nncs2)[C@@H]1c1cccc(Cl)c1. The number of carbonyl (C=O) groups is 2. The van der Waals surface area contributed by atoms with E-state index in [0.29, 0.717) is 10.2 Å². The van der Waals surface area contributed by atoms with Crippen LogP contribution in [0.15, 0.2) is 29.8 Å². The molecule has 0 bridgehead atoms. The lowest BCUT2D eigenvalue weighted by molar-refractivity contribution is -0.127. The Kier molecular flexibility index (Phi) is 4.08. The molecule has 6 nitrogen and oxygen atoms in total. The molecule has 114 valence electrons. The number of likely N-dealkylation sites (tertiary alicyclic amines) is 1. The number of benzene rings is 1. The molecule has 3 rings (SSSR count). The third-order valence-corrected chi connectivity index (χ3v) is 4.55. The summed E-state index contributed by atoms with van der Waals surface area (Å²) in [6.07, 6.45) is 0.165. The molecule has 0 radical (unpaired) electrons. The number of aromatic nitrogens is 2. The van der Waals surface area contributed by atoms with Crippen molar-refractivity contribution in [2.75, 3.05) is 12.4 Å². The number of carbonyl (C=O) groups excluding carboxylic acids is 2. The molecule has 22 heavy (non-hydrogen) atoms. The lowest BCUT2D eigenvalue weighted by Crippen LogP contribution is -2.30. The minimum atomic E-state index is -0.486. The van der Waals surface area contributed by atoms with E-state index in [2.05, 4.69) is 15.5 Å². The van der Waals surface area contributed by atoms with E-state index < -0.39 is 5.92 Å². The fourth-order valence-corrected chi connectivity index (χ4v) is 3.32. The second kappa shape index (κ2) is 6.02. The smallest absolute Gasteiger partial charge is 0.232 e. The van der Waals surface area contributed by atoms with E-state index in [9.17, 15) is 9.59 Å². The maximum atomic E-state index is 12.5. The van der Waals surface area contributed by atoms with Gasteiger partial charge < -0.3 is 10.2 Å². The Hall–Kier alpha value is -1.99. The van der Waals surface area contributed by atoms with Gasteiger partial charge in [-0.05, 0) is 17.7 Å². The van der Waals surface area contributed by atoms with E-state index in [4.69, 9.17) is 11.6 Å². The average molecular weight is 337 g/mol. The summed E-state index contributed by atoms with van der Waals surface area (Å²) in [5.41, 5.74) is 2.38. The minimum absolute atomic E-state index is 0.0672. The molecular weight excluding hydrogens is 324 g/mol. The lowest BCUT2D eigenvalue weighted by Gasteiger charge is -2.24. The maximum absolute atomic E-state index is 12.5. The van der Waals surface area contributed by atoms with Gasteiger partial charge in [0.05, 0.1) is 12.0 Å². The van der Waals surface area contributed by atoms with Crippen LogP contribution in [0.2, 0.25) is 5.02 Å². The van der Waals surface area contributed by atoms with Gasteiger partial charge in [-0.2, -0.15) is 0 Å². The van der Waals surface area contributed by atoms with E-state index in [0.717, 1.165) is 5.56 Å². The standard InChI is InChI=1S/C14H13ClN4O2S/c1-19-11(20)6-10(13(21)17-14-18-16-7-22-14)12(19)8-3-2-4-9(15)5-8/h2-5,7,10,12H,6H2,1H3,(H,17,18,21)/t10-,12+/m1/s1. The van der Waals surface area contributed by atoms with Crippen molar-refractivity contribution >= 4 is 39.9 Å². The van der Waals surface area contributed by atoms with Crippen LogP contribution in [0.3, 0.4) is 0 Å². The summed E-state index contributed by atoms with van der Waals surface area (Å²) in [5, 5.41) is 11.2. The van der Waals surface area contributed by atoms with E-state index in [1.807, 2.05) is 12.1 Å². The van der Waals surface area contributed by atoms with Crippen molar-refractivity contribution in [1.82, 2.24) is 15.1 Å². The molecule has 1 N–H and O–H groups in total. The summed E-state index contributed by atoms with van der Waals surface area (Å²) in [5.74, 6) is -0.790. The molecule has 1 aromatic carbocycles. The highest BCUT2D eigenvalue weighted by Crippen LogP contribution is 2.38. The van der Waals surface area contributed by atoms with Crippen molar-refractivity contribution in [2.45, 2.75) is 12.5 Å². The summed E-state index contributed by atoms with van der Waals surface area (Å²) >= 11 is 7.27. The monoisotopic (exact) mass is 336 g/mol. The molecular formula is C14H13ClN4O2S. The van der Waals surface area contributed by atoms with Gasteiger partial charge >= 0.3 is 0 Å². The number of nitrogens with one attached hydrogen (secondary N) is 1. The molecule has 2 heterocycles. The number of hydrogen-bond donors (Lipinski definition) is 1. The van der Waals surface area contributed by atoms with Crippen LogP contribution < -0.4 is 5.32 Å². The van der Waals surface area contributed by atoms with Crippen molar-refractivity contribution in [2.24, 2.45) is 5.92 Å². The second-order valence-corrected chi connectivity index (χ2v) is 6.32. The van der Waals surface area contributed by atoms with E-state index in [1.165, 1.54) is 16.8 Å². The van der Waals surface area contributed by atoms with Gasteiger partial charge in [0.25, 0.3) is 0 Å². The van der Waals surface area contributed by atoms with Gasteiger partial charge in [-0.1, -0.05) is 35.1 Å². The number of amides is 2. The summed E-state index contributed by atoms with van der Waals surface area (Å²) in [6, 6.07) is 6.90. The fourth-order valence-electron chi connectivity index (χ4n) is 2.68. The molecule has 1 saturated heterocycles. The van der Waals surface area contributed by atoms with Gasteiger partial charge in [-0.25, -0.2) is 0 Å². The van der Waals surface area contributed by atoms with Crippen LogP contribution in [-0.4, -0.2) is 34.0 Å². The van der Waals surface area contributed by atoms with Crippen LogP contribution in [0.1, 0.15) is 18.0 Å². The van der Waals surface area contributed by atoms with Crippen LogP contribution in [0.25, 0.3) is 0 Å². The van der Waals surface area contributed by atoms with Gasteiger partial charge in [0.1, 0.15) is 5.51 Å². The van der Waals surface area contributed by atoms with E-state index in [-0.39, 0.29) is 24.3 Å². The molecule has 2 aromatic rings. The van der Waals surface area contributed by atoms with Crippen molar-refractivity contribution in [1.29, 1.82) is 0 Å². The molecule has 0 spiro atoms. The molecule has 0 aliphatic carbocycles.